The Morgan fingerprint density at radius 1 is 1.63 bits per heavy atom. The van der Waals surface area contributed by atoms with Crippen LogP contribution in [0.4, 0.5) is 0 Å². The molecular weight excluding hydrogens is 286 g/mol. The Hall–Kier alpha value is -1.51. The fraction of sp³-hybridized carbons (Fsp3) is 0.364. The van der Waals surface area contributed by atoms with Crippen LogP contribution < -0.4 is 10.9 Å². The highest BCUT2D eigenvalue weighted by molar-refractivity contribution is 7.71. The van der Waals surface area contributed by atoms with Gasteiger partial charge in [0, 0.05) is 13.7 Å². The molecule has 0 atom stereocenters. The largest absolute Gasteiger partial charge is 0.383 e. The topological polar surface area (TPSA) is 76.1 Å². The molecular formula is C11H13N3O3S2. The number of hydrogen-bond donors (Lipinski definition) is 2. The number of amides is 1. The second-order valence-electron chi connectivity index (χ2n) is 3.83. The molecule has 2 N–H and O–H groups in total. The van der Waals surface area contributed by atoms with E-state index in [0.717, 1.165) is 4.83 Å². The number of nitrogens with zero attached hydrogens (tertiary/aromatic N) is 1. The minimum Gasteiger partial charge on any atom is -0.383 e. The van der Waals surface area contributed by atoms with E-state index in [1.807, 2.05) is 0 Å². The number of hydrogen-bond acceptors (Lipinski definition) is 5. The molecule has 2 rings (SSSR count). The zero-order chi connectivity index (χ0) is 13.8. The Morgan fingerprint density at radius 2 is 2.42 bits per heavy atom. The lowest BCUT2D eigenvalue weighted by Gasteiger charge is -2.07. The molecule has 0 unspecified atom stereocenters. The minimum atomic E-state index is -0.270. The van der Waals surface area contributed by atoms with Gasteiger partial charge in [0.1, 0.15) is 11.4 Å². The molecule has 1 amide bonds. The van der Waals surface area contributed by atoms with Gasteiger partial charge in [0.05, 0.1) is 12.0 Å². The van der Waals surface area contributed by atoms with Crippen molar-refractivity contribution in [2.75, 3.05) is 20.3 Å². The predicted octanol–water partition coefficient (Wildman–Crippen LogP) is 0.883. The van der Waals surface area contributed by atoms with Crippen LogP contribution in [0.25, 0.3) is 10.2 Å². The average molecular weight is 299 g/mol. The number of aromatic amines is 1. The summed E-state index contributed by atoms with van der Waals surface area (Å²) in [5, 5.41) is 5.00. The van der Waals surface area contributed by atoms with Crippen LogP contribution in [0.1, 0.15) is 0 Å². The van der Waals surface area contributed by atoms with Crippen molar-refractivity contribution in [3.63, 3.8) is 0 Å². The first-order valence-electron chi connectivity index (χ1n) is 5.59. The molecule has 0 bridgehead atoms. The van der Waals surface area contributed by atoms with Crippen LogP contribution in [-0.4, -0.2) is 35.7 Å². The fourth-order valence-corrected chi connectivity index (χ4v) is 2.70. The minimum absolute atomic E-state index is 0.0936. The van der Waals surface area contributed by atoms with Crippen molar-refractivity contribution in [2.45, 2.75) is 6.54 Å². The third-order valence-corrected chi connectivity index (χ3v) is 3.69. The van der Waals surface area contributed by atoms with Crippen molar-refractivity contribution in [3.05, 3.63) is 26.6 Å². The molecule has 0 spiro atoms. The molecule has 2 aromatic rings. The van der Waals surface area contributed by atoms with Crippen LogP contribution in [0.2, 0.25) is 0 Å². The molecule has 0 fully saturated rings. The monoisotopic (exact) mass is 299 g/mol. The summed E-state index contributed by atoms with van der Waals surface area (Å²) in [6.07, 6.45) is 0. The highest BCUT2D eigenvalue weighted by Gasteiger charge is 2.09. The van der Waals surface area contributed by atoms with E-state index in [2.05, 4.69) is 10.3 Å². The molecule has 19 heavy (non-hydrogen) atoms. The number of methoxy groups -OCH3 is 1. The Morgan fingerprint density at radius 3 is 3.16 bits per heavy atom. The maximum atomic E-state index is 12.2. The second-order valence-corrected chi connectivity index (χ2v) is 5.13. The van der Waals surface area contributed by atoms with Crippen molar-refractivity contribution in [3.8, 4) is 0 Å². The van der Waals surface area contributed by atoms with Crippen molar-refractivity contribution >= 4 is 39.7 Å². The van der Waals surface area contributed by atoms with E-state index in [0.29, 0.717) is 18.5 Å². The fourth-order valence-electron chi connectivity index (χ4n) is 1.61. The highest BCUT2D eigenvalue weighted by Crippen LogP contribution is 2.13. The third-order valence-electron chi connectivity index (χ3n) is 2.54. The SMILES string of the molecule is COCCNC(=O)Cn1c(=S)[nH]c2sccc2c1=O. The molecule has 0 aliphatic carbocycles. The normalized spacial score (nSPS) is 10.8. The van der Waals surface area contributed by atoms with Gasteiger partial charge in [0.2, 0.25) is 5.91 Å². The summed E-state index contributed by atoms with van der Waals surface area (Å²) in [7, 11) is 1.55. The van der Waals surface area contributed by atoms with Gasteiger partial charge in [0.25, 0.3) is 5.56 Å². The summed E-state index contributed by atoms with van der Waals surface area (Å²) in [4.78, 5) is 27.5. The van der Waals surface area contributed by atoms with E-state index in [4.69, 9.17) is 17.0 Å². The molecule has 2 aromatic heterocycles. The maximum absolute atomic E-state index is 12.2. The Bertz CT molecular complexity index is 701. The van der Waals surface area contributed by atoms with Gasteiger partial charge >= 0.3 is 0 Å². The molecule has 0 saturated heterocycles. The van der Waals surface area contributed by atoms with Gasteiger partial charge < -0.3 is 15.0 Å². The lowest BCUT2D eigenvalue weighted by molar-refractivity contribution is -0.121. The molecule has 0 aromatic carbocycles. The van der Waals surface area contributed by atoms with Gasteiger partial charge in [-0.15, -0.1) is 11.3 Å². The van der Waals surface area contributed by atoms with Gasteiger partial charge in [-0.3, -0.25) is 14.2 Å². The molecule has 102 valence electrons. The van der Waals surface area contributed by atoms with E-state index in [-0.39, 0.29) is 22.8 Å². The standard InChI is InChI=1S/C11H13N3O3S2/c1-17-4-3-12-8(15)6-14-10(16)7-2-5-19-9(7)13-11(14)18/h2,5H,3-4,6H2,1H3,(H,12,15)(H,13,18). The third kappa shape index (κ3) is 3.09. The number of ether oxygens (including phenoxy) is 1. The van der Waals surface area contributed by atoms with Crippen LogP contribution in [0.5, 0.6) is 0 Å². The first kappa shape index (κ1) is 13.9. The highest BCUT2D eigenvalue weighted by atomic mass is 32.1. The lowest BCUT2D eigenvalue weighted by Crippen LogP contribution is -2.34. The zero-order valence-corrected chi connectivity index (χ0v) is 11.9. The summed E-state index contributed by atoms with van der Waals surface area (Å²) in [6, 6.07) is 1.72. The quantitative estimate of drug-likeness (QED) is 0.635. The molecule has 2 heterocycles. The number of carbonyl (C=O) groups excluding carboxylic acids is 1. The summed E-state index contributed by atoms with van der Waals surface area (Å²) in [5.41, 5.74) is -0.248. The molecule has 0 radical (unpaired) electrons. The Labute approximate surface area is 118 Å². The van der Waals surface area contributed by atoms with E-state index in [9.17, 15) is 9.59 Å². The number of carbonyl (C=O) groups is 1. The maximum Gasteiger partial charge on any atom is 0.263 e. The number of nitrogens with one attached hydrogen (secondary N) is 2. The van der Waals surface area contributed by atoms with Crippen LogP contribution in [-0.2, 0) is 16.1 Å². The number of thiophene rings is 1. The molecule has 8 heteroatoms. The van der Waals surface area contributed by atoms with Crippen LogP contribution in [0, 0.1) is 4.77 Å². The second kappa shape index (κ2) is 6.09. The predicted molar refractivity (Wildman–Crippen MR) is 76.2 cm³/mol. The van der Waals surface area contributed by atoms with Crippen molar-refractivity contribution in [2.24, 2.45) is 0 Å². The first-order valence-corrected chi connectivity index (χ1v) is 6.88. The van der Waals surface area contributed by atoms with Gasteiger partial charge in [-0.1, -0.05) is 0 Å². The molecule has 0 aliphatic heterocycles. The summed E-state index contributed by atoms with van der Waals surface area (Å²) in [5.74, 6) is -0.270. The Balaban J connectivity index is 2.23. The lowest BCUT2D eigenvalue weighted by atomic mass is 10.4. The number of rotatable bonds is 5. The Kier molecular flexibility index (Phi) is 4.46. The van der Waals surface area contributed by atoms with E-state index in [1.165, 1.54) is 15.9 Å². The van der Waals surface area contributed by atoms with E-state index >= 15 is 0 Å². The van der Waals surface area contributed by atoms with E-state index < -0.39 is 0 Å². The smallest absolute Gasteiger partial charge is 0.263 e. The van der Waals surface area contributed by atoms with Gasteiger partial charge in [-0.25, -0.2) is 0 Å². The van der Waals surface area contributed by atoms with Gasteiger partial charge in [-0.2, -0.15) is 0 Å². The van der Waals surface area contributed by atoms with Gasteiger partial charge in [0.15, 0.2) is 4.77 Å². The molecule has 6 nitrogen and oxygen atoms in total. The number of H-pyrrole nitrogens is 1. The zero-order valence-electron chi connectivity index (χ0n) is 10.3. The van der Waals surface area contributed by atoms with Crippen LogP contribution in [0.3, 0.4) is 0 Å². The van der Waals surface area contributed by atoms with Crippen molar-refractivity contribution in [1.29, 1.82) is 0 Å². The van der Waals surface area contributed by atoms with Gasteiger partial charge in [-0.05, 0) is 23.7 Å². The average Bonchev–Trinajstić information content (AvgIpc) is 2.83. The van der Waals surface area contributed by atoms with Crippen LogP contribution in [0.15, 0.2) is 16.2 Å². The van der Waals surface area contributed by atoms with Crippen molar-refractivity contribution < 1.29 is 9.53 Å². The first-order chi connectivity index (χ1) is 9.13. The summed E-state index contributed by atoms with van der Waals surface area (Å²) in [6.45, 7) is 0.738. The van der Waals surface area contributed by atoms with Crippen LogP contribution >= 0.6 is 23.6 Å². The molecule has 0 saturated carbocycles. The number of fused-ring (bicyclic) bond motifs is 1. The van der Waals surface area contributed by atoms with E-state index in [1.54, 1.807) is 18.6 Å². The molecule has 0 aliphatic rings. The summed E-state index contributed by atoms with van der Waals surface area (Å²) >= 11 is 6.50. The summed E-state index contributed by atoms with van der Waals surface area (Å²) < 4.78 is 6.34. The number of aromatic nitrogens is 2. The van der Waals surface area contributed by atoms with Crippen molar-refractivity contribution in [1.82, 2.24) is 14.9 Å².